The number of thioether (sulfide) groups is 1. The van der Waals surface area contributed by atoms with Crippen LogP contribution in [0.2, 0.25) is 0 Å². The fourth-order valence-electron chi connectivity index (χ4n) is 0.960. The molecule has 8 heteroatoms. The number of carboxylic acid groups (broad SMARTS) is 1. The molecule has 5 N–H and O–H groups in total. The molecule has 1 rings (SSSR count). The SMILES string of the molecule is NC(CSCC1NC(=O)NC1=O)C(=O)O. The molecule has 0 aromatic heterocycles. The number of imide groups is 1. The fourth-order valence-corrected chi connectivity index (χ4v) is 1.96. The van der Waals surface area contributed by atoms with Crippen molar-refractivity contribution in [1.29, 1.82) is 0 Å². The Labute approximate surface area is 89.8 Å². The van der Waals surface area contributed by atoms with E-state index in [0.717, 1.165) is 0 Å². The molecule has 1 aliphatic heterocycles. The predicted octanol–water partition coefficient (Wildman–Crippen LogP) is -1.66. The first kappa shape index (κ1) is 11.8. The molecule has 0 aromatic rings. The van der Waals surface area contributed by atoms with Gasteiger partial charge < -0.3 is 16.2 Å². The predicted molar refractivity (Wildman–Crippen MR) is 53.4 cm³/mol. The Hall–Kier alpha value is -1.28. The molecule has 2 unspecified atom stereocenters. The summed E-state index contributed by atoms with van der Waals surface area (Å²) in [5, 5.41) is 13.0. The molecule has 0 saturated carbocycles. The highest BCUT2D eigenvalue weighted by Crippen LogP contribution is 2.07. The van der Waals surface area contributed by atoms with E-state index in [4.69, 9.17) is 10.8 Å². The maximum Gasteiger partial charge on any atom is 0.322 e. The molecule has 1 fully saturated rings. The normalized spacial score (nSPS) is 22.1. The molecule has 1 saturated heterocycles. The van der Waals surface area contributed by atoms with Gasteiger partial charge in [-0.05, 0) is 0 Å². The van der Waals surface area contributed by atoms with Crippen LogP contribution in [0, 0.1) is 0 Å². The average Bonchev–Trinajstić information content (AvgIpc) is 2.45. The number of nitrogens with one attached hydrogen (secondary N) is 2. The lowest BCUT2D eigenvalue weighted by atomic mass is 10.3. The van der Waals surface area contributed by atoms with E-state index in [1.807, 2.05) is 0 Å². The van der Waals surface area contributed by atoms with Crippen molar-refractivity contribution >= 4 is 29.7 Å². The average molecular weight is 233 g/mol. The van der Waals surface area contributed by atoms with Crippen molar-refractivity contribution in [2.75, 3.05) is 11.5 Å². The van der Waals surface area contributed by atoms with Gasteiger partial charge in [-0.15, -0.1) is 0 Å². The van der Waals surface area contributed by atoms with E-state index >= 15 is 0 Å². The van der Waals surface area contributed by atoms with Gasteiger partial charge in [0.05, 0.1) is 0 Å². The summed E-state index contributed by atoms with van der Waals surface area (Å²) >= 11 is 1.21. The third kappa shape index (κ3) is 3.40. The monoisotopic (exact) mass is 233 g/mol. The van der Waals surface area contributed by atoms with Crippen LogP contribution in [0.3, 0.4) is 0 Å². The summed E-state index contributed by atoms with van der Waals surface area (Å²) in [6.07, 6.45) is 0. The molecule has 7 nitrogen and oxygen atoms in total. The lowest BCUT2D eigenvalue weighted by Crippen LogP contribution is -2.35. The maximum atomic E-state index is 11.0. The van der Waals surface area contributed by atoms with Gasteiger partial charge in [-0.1, -0.05) is 0 Å². The van der Waals surface area contributed by atoms with Crippen LogP contribution in [-0.4, -0.2) is 46.6 Å². The number of aliphatic carboxylic acids is 1. The number of hydrogen-bond donors (Lipinski definition) is 4. The van der Waals surface area contributed by atoms with Gasteiger partial charge in [0.2, 0.25) is 0 Å². The molecule has 0 aromatic carbocycles. The van der Waals surface area contributed by atoms with Crippen molar-refractivity contribution in [3.05, 3.63) is 0 Å². The highest BCUT2D eigenvalue weighted by Gasteiger charge is 2.29. The molecule has 1 heterocycles. The summed E-state index contributed by atoms with van der Waals surface area (Å²) in [6, 6.07) is -2.06. The minimum atomic E-state index is -1.08. The van der Waals surface area contributed by atoms with Crippen LogP contribution in [0.25, 0.3) is 0 Å². The summed E-state index contributed by atoms with van der Waals surface area (Å²) < 4.78 is 0. The molecule has 3 amide bonds. The van der Waals surface area contributed by atoms with Crippen molar-refractivity contribution in [1.82, 2.24) is 10.6 Å². The van der Waals surface area contributed by atoms with Crippen molar-refractivity contribution in [2.24, 2.45) is 5.73 Å². The van der Waals surface area contributed by atoms with Crippen LogP contribution in [0.4, 0.5) is 4.79 Å². The zero-order chi connectivity index (χ0) is 11.4. The molecular formula is C7H11N3O4S. The zero-order valence-electron chi connectivity index (χ0n) is 7.73. The Kier molecular flexibility index (Phi) is 3.92. The summed E-state index contributed by atoms with van der Waals surface area (Å²) in [5.41, 5.74) is 5.25. The largest absolute Gasteiger partial charge is 0.480 e. The van der Waals surface area contributed by atoms with Crippen LogP contribution in [-0.2, 0) is 9.59 Å². The Morgan fingerprint density at radius 1 is 1.60 bits per heavy atom. The van der Waals surface area contributed by atoms with E-state index in [9.17, 15) is 14.4 Å². The van der Waals surface area contributed by atoms with Gasteiger partial charge >= 0.3 is 12.0 Å². The van der Waals surface area contributed by atoms with Crippen molar-refractivity contribution in [2.45, 2.75) is 12.1 Å². The number of hydrogen-bond acceptors (Lipinski definition) is 5. The number of carboxylic acids is 1. The standard InChI is InChI=1S/C7H11N3O4S/c8-3(6(12)13)1-15-2-4-5(11)10-7(14)9-4/h3-4H,1-2,8H2,(H,12,13)(H2,9,10,11,14). The molecule has 0 aliphatic carbocycles. The maximum absolute atomic E-state index is 11.0. The second-order valence-electron chi connectivity index (χ2n) is 3.00. The van der Waals surface area contributed by atoms with Gasteiger partial charge in [-0.2, -0.15) is 11.8 Å². The van der Waals surface area contributed by atoms with Crippen LogP contribution in [0.5, 0.6) is 0 Å². The van der Waals surface area contributed by atoms with Crippen molar-refractivity contribution < 1.29 is 19.5 Å². The molecule has 15 heavy (non-hydrogen) atoms. The van der Waals surface area contributed by atoms with Gasteiger partial charge in [-0.3, -0.25) is 14.9 Å². The Morgan fingerprint density at radius 3 is 2.73 bits per heavy atom. The second kappa shape index (κ2) is 4.99. The van der Waals surface area contributed by atoms with E-state index < -0.39 is 30.0 Å². The smallest absolute Gasteiger partial charge is 0.322 e. The lowest BCUT2D eigenvalue weighted by Gasteiger charge is -2.08. The van der Waals surface area contributed by atoms with E-state index in [1.165, 1.54) is 11.8 Å². The number of carbonyl (C=O) groups excluding carboxylic acids is 2. The van der Waals surface area contributed by atoms with Gasteiger partial charge in [0.1, 0.15) is 12.1 Å². The first-order chi connectivity index (χ1) is 7.00. The quantitative estimate of drug-likeness (QED) is 0.422. The number of rotatable bonds is 5. The second-order valence-corrected chi connectivity index (χ2v) is 4.07. The summed E-state index contributed by atoms with van der Waals surface area (Å²) in [7, 11) is 0. The minimum Gasteiger partial charge on any atom is -0.480 e. The van der Waals surface area contributed by atoms with Crippen LogP contribution < -0.4 is 16.4 Å². The number of amides is 3. The number of nitrogens with two attached hydrogens (primary N) is 1. The van der Waals surface area contributed by atoms with E-state index in [0.29, 0.717) is 5.75 Å². The van der Waals surface area contributed by atoms with Gasteiger partial charge in [0.25, 0.3) is 5.91 Å². The minimum absolute atomic E-state index is 0.203. The Balaban J connectivity index is 2.23. The lowest BCUT2D eigenvalue weighted by molar-refractivity contribution is -0.137. The van der Waals surface area contributed by atoms with Gasteiger partial charge in [0.15, 0.2) is 0 Å². The number of urea groups is 1. The summed E-state index contributed by atoms with van der Waals surface area (Å²) in [4.78, 5) is 32.1. The van der Waals surface area contributed by atoms with E-state index in [1.54, 1.807) is 0 Å². The van der Waals surface area contributed by atoms with Gasteiger partial charge in [0, 0.05) is 11.5 Å². The highest BCUT2D eigenvalue weighted by molar-refractivity contribution is 7.99. The zero-order valence-corrected chi connectivity index (χ0v) is 8.54. The number of carbonyl (C=O) groups is 3. The van der Waals surface area contributed by atoms with E-state index in [2.05, 4.69) is 10.6 Å². The Bertz CT molecular complexity index is 296. The third-order valence-electron chi connectivity index (χ3n) is 1.76. The van der Waals surface area contributed by atoms with Crippen LogP contribution in [0.15, 0.2) is 0 Å². The fraction of sp³-hybridized carbons (Fsp3) is 0.571. The molecule has 1 aliphatic rings. The molecule has 84 valence electrons. The Morgan fingerprint density at radius 2 is 2.27 bits per heavy atom. The molecule has 0 bridgehead atoms. The van der Waals surface area contributed by atoms with Gasteiger partial charge in [-0.25, -0.2) is 4.79 Å². The topological polar surface area (TPSA) is 122 Å². The van der Waals surface area contributed by atoms with Crippen LogP contribution in [0.1, 0.15) is 0 Å². The summed E-state index contributed by atoms with van der Waals surface area (Å²) in [6.45, 7) is 0. The molecular weight excluding hydrogens is 222 g/mol. The van der Waals surface area contributed by atoms with Crippen LogP contribution >= 0.6 is 11.8 Å². The molecule has 0 spiro atoms. The highest BCUT2D eigenvalue weighted by atomic mass is 32.2. The molecule has 2 atom stereocenters. The first-order valence-corrected chi connectivity index (χ1v) is 5.33. The van der Waals surface area contributed by atoms with Crippen molar-refractivity contribution in [3.8, 4) is 0 Å². The van der Waals surface area contributed by atoms with Crippen molar-refractivity contribution in [3.63, 3.8) is 0 Å². The first-order valence-electron chi connectivity index (χ1n) is 4.18. The van der Waals surface area contributed by atoms with E-state index in [-0.39, 0.29) is 5.75 Å². The molecule has 0 radical (unpaired) electrons. The summed E-state index contributed by atoms with van der Waals surface area (Å²) in [5.74, 6) is -0.952. The third-order valence-corrected chi connectivity index (χ3v) is 2.92.